The van der Waals surface area contributed by atoms with Crippen LogP contribution in [-0.2, 0) is 9.59 Å². The number of para-hydroxylation sites is 1. The molecule has 2 aliphatic heterocycles. The molecule has 2 aromatic rings. The third-order valence-electron chi connectivity index (χ3n) is 7.24. The van der Waals surface area contributed by atoms with Gasteiger partial charge in [0.25, 0.3) is 0 Å². The minimum absolute atomic E-state index is 0.0191. The molecule has 0 saturated heterocycles. The van der Waals surface area contributed by atoms with Crippen LogP contribution >= 0.6 is 0 Å². The number of aromatic nitrogens is 1. The van der Waals surface area contributed by atoms with E-state index in [0.29, 0.717) is 25.5 Å². The van der Waals surface area contributed by atoms with Crippen molar-refractivity contribution in [2.75, 3.05) is 13.2 Å². The molecule has 1 aromatic carbocycles. The van der Waals surface area contributed by atoms with Crippen molar-refractivity contribution in [3.05, 3.63) is 60.4 Å². The molecule has 5 rings (SSSR count). The second kappa shape index (κ2) is 13.2. The van der Waals surface area contributed by atoms with Crippen LogP contribution in [0.3, 0.4) is 0 Å². The van der Waals surface area contributed by atoms with Gasteiger partial charge < -0.3 is 15.8 Å². The maximum absolute atomic E-state index is 12.8. The van der Waals surface area contributed by atoms with E-state index in [0.717, 1.165) is 37.0 Å². The molecule has 3 aliphatic rings. The van der Waals surface area contributed by atoms with E-state index in [4.69, 9.17) is 10.5 Å². The Bertz CT molecular complexity index is 1030. The Morgan fingerprint density at radius 1 is 1.14 bits per heavy atom. The summed E-state index contributed by atoms with van der Waals surface area (Å²) in [6, 6.07) is 13.5. The van der Waals surface area contributed by atoms with Crippen molar-refractivity contribution in [2.24, 2.45) is 22.6 Å². The van der Waals surface area contributed by atoms with Crippen molar-refractivity contribution in [3.8, 4) is 5.75 Å². The van der Waals surface area contributed by atoms with Crippen LogP contribution in [-0.4, -0.2) is 46.3 Å². The number of nitrogens with two attached hydrogens (primary N) is 1. The summed E-state index contributed by atoms with van der Waals surface area (Å²) in [6.45, 7) is 9.15. The molecule has 0 spiro atoms. The number of benzene rings is 1. The number of carbonyl (C=O) groups is 2. The second-order valence-electron chi connectivity index (χ2n) is 9.45. The summed E-state index contributed by atoms with van der Waals surface area (Å²) < 4.78 is 5.67. The van der Waals surface area contributed by atoms with E-state index in [1.54, 1.807) is 17.3 Å². The summed E-state index contributed by atoms with van der Waals surface area (Å²) in [5.41, 5.74) is 6.80. The molecule has 200 valence electrons. The number of rotatable bonds is 6. The number of hydrogen-bond acceptors (Lipinski definition) is 6. The molecule has 8 nitrogen and oxygen atoms in total. The van der Waals surface area contributed by atoms with Gasteiger partial charge in [-0.1, -0.05) is 52.0 Å². The Morgan fingerprint density at radius 3 is 2.43 bits per heavy atom. The highest BCUT2D eigenvalue weighted by molar-refractivity contribution is 5.99. The summed E-state index contributed by atoms with van der Waals surface area (Å²) in [7, 11) is 0. The number of ether oxygens (including phenoxy) is 1. The van der Waals surface area contributed by atoms with Gasteiger partial charge in [-0.2, -0.15) is 0 Å². The maximum atomic E-state index is 12.8. The van der Waals surface area contributed by atoms with Crippen molar-refractivity contribution in [3.63, 3.8) is 0 Å². The van der Waals surface area contributed by atoms with Crippen molar-refractivity contribution >= 4 is 17.8 Å². The van der Waals surface area contributed by atoms with E-state index >= 15 is 0 Å². The zero-order chi connectivity index (χ0) is 26.8. The van der Waals surface area contributed by atoms with Crippen molar-refractivity contribution in [1.82, 2.24) is 15.2 Å². The first-order chi connectivity index (χ1) is 18.0. The van der Waals surface area contributed by atoms with Crippen LogP contribution in [0.2, 0.25) is 0 Å². The first-order valence-corrected chi connectivity index (χ1v) is 13.5. The van der Waals surface area contributed by atoms with E-state index < -0.39 is 0 Å². The summed E-state index contributed by atoms with van der Waals surface area (Å²) in [6.07, 6.45) is 7.03. The maximum Gasteiger partial charge on any atom is 0.231 e. The van der Waals surface area contributed by atoms with E-state index in [9.17, 15) is 9.59 Å². The van der Waals surface area contributed by atoms with Gasteiger partial charge in [0.1, 0.15) is 5.75 Å². The number of aliphatic imine (C=N–C) groups is 1. The van der Waals surface area contributed by atoms with Crippen LogP contribution in [0.5, 0.6) is 5.75 Å². The zero-order valence-electron chi connectivity index (χ0n) is 22.5. The average Bonchev–Trinajstić information content (AvgIpc) is 3.73. The smallest absolute Gasteiger partial charge is 0.231 e. The van der Waals surface area contributed by atoms with Gasteiger partial charge in [-0.3, -0.25) is 19.5 Å². The third kappa shape index (κ3) is 7.08. The molecule has 3 heterocycles. The fraction of sp³-hybridized carbons (Fsp3) is 0.517. The lowest BCUT2D eigenvalue weighted by Gasteiger charge is -2.36. The summed E-state index contributed by atoms with van der Waals surface area (Å²) >= 11 is 0. The quantitative estimate of drug-likeness (QED) is 0.599. The van der Waals surface area contributed by atoms with Crippen molar-refractivity contribution in [2.45, 2.75) is 71.4 Å². The molecule has 0 radical (unpaired) electrons. The largest absolute Gasteiger partial charge is 0.493 e. The summed E-state index contributed by atoms with van der Waals surface area (Å²) in [5, 5.41) is 3.17. The Kier molecular flexibility index (Phi) is 10.1. The van der Waals surface area contributed by atoms with E-state index in [-0.39, 0.29) is 35.2 Å². The molecule has 1 unspecified atom stereocenters. The lowest BCUT2D eigenvalue weighted by molar-refractivity contribution is -0.130. The normalized spacial score (nSPS) is 23.0. The van der Waals surface area contributed by atoms with Gasteiger partial charge in [-0.25, -0.2) is 4.99 Å². The first kappa shape index (κ1) is 28.2. The van der Waals surface area contributed by atoms with Crippen LogP contribution in [0.25, 0.3) is 0 Å². The van der Waals surface area contributed by atoms with Crippen LogP contribution in [0, 0.1) is 11.8 Å². The third-order valence-corrected chi connectivity index (χ3v) is 7.24. The number of amides is 2. The standard InChI is InChI=1S/C22H30N4O3.C5H5N.C2H6/c1-3-22(4-2)12-19(27)26(21(23)25-22)13-14-11-16(14)20(28)24-17-9-10-29-18-8-6-5-7-15(17)18;1-2-4-6-5-3-1;1-2/h5-8,14,16-17H,3-4,9-13H2,1-2H3,(H2,23,25)(H,24,28);1-5H;1-2H3/t14-,16?,17+;;/m1../s1. The highest BCUT2D eigenvalue weighted by atomic mass is 16.5. The molecule has 1 fully saturated rings. The monoisotopic (exact) mass is 507 g/mol. The highest BCUT2D eigenvalue weighted by Crippen LogP contribution is 2.41. The molecule has 0 bridgehead atoms. The Balaban J connectivity index is 0.000000412. The fourth-order valence-electron chi connectivity index (χ4n) is 4.79. The van der Waals surface area contributed by atoms with Crippen LogP contribution < -0.4 is 15.8 Å². The predicted molar refractivity (Wildman–Crippen MR) is 146 cm³/mol. The number of fused-ring (bicyclic) bond motifs is 1. The number of nitrogens with one attached hydrogen (secondary N) is 1. The zero-order valence-corrected chi connectivity index (χ0v) is 22.5. The Labute approximate surface area is 220 Å². The van der Waals surface area contributed by atoms with Gasteiger partial charge in [0.05, 0.1) is 24.6 Å². The van der Waals surface area contributed by atoms with E-state index in [1.807, 2.05) is 70.2 Å². The van der Waals surface area contributed by atoms with E-state index in [1.165, 1.54) is 0 Å². The lowest BCUT2D eigenvalue weighted by Crippen LogP contribution is -2.52. The average molecular weight is 508 g/mol. The molecular weight excluding hydrogens is 466 g/mol. The second-order valence-corrected chi connectivity index (χ2v) is 9.45. The van der Waals surface area contributed by atoms with Crippen molar-refractivity contribution < 1.29 is 14.3 Å². The first-order valence-electron chi connectivity index (χ1n) is 13.5. The molecule has 1 aromatic heterocycles. The molecule has 8 heteroatoms. The number of guanidine groups is 1. The fourth-order valence-corrected chi connectivity index (χ4v) is 4.79. The topological polar surface area (TPSA) is 110 Å². The van der Waals surface area contributed by atoms with E-state index in [2.05, 4.69) is 15.3 Å². The highest BCUT2D eigenvalue weighted by Gasteiger charge is 2.47. The molecule has 37 heavy (non-hydrogen) atoms. The number of pyridine rings is 1. The van der Waals surface area contributed by atoms with Gasteiger partial charge in [0, 0.05) is 36.8 Å². The molecule has 1 saturated carbocycles. The molecular formula is C29H41N5O3. The van der Waals surface area contributed by atoms with Gasteiger partial charge >= 0.3 is 0 Å². The number of nitrogens with zero attached hydrogens (tertiary/aromatic N) is 3. The minimum atomic E-state index is -0.367. The number of hydrogen-bond donors (Lipinski definition) is 2. The SMILES string of the molecule is CC.CCC1(CC)CC(=O)N(C[C@H]2CC2C(=O)N[C@H]2CCOc3ccccc32)C(N)=N1.c1ccncc1. The molecule has 3 atom stereocenters. The Morgan fingerprint density at radius 2 is 1.84 bits per heavy atom. The minimum Gasteiger partial charge on any atom is -0.493 e. The Hall–Kier alpha value is -3.42. The lowest BCUT2D eigenvalue weighted by atomic mass is 9.88. The van der Waals surface area contributed by atoms with Gasteiger partial charge in [-0.15, -0.1) is 0 Å². The molecule has 1 aliphatic carbocycles. The predicted octanol–water partition coefficient (Wildman–Crippen LogP) is 4.48. The van der Waals surface area contributed by atoms with Crippen LogP contribution in [0.4, 0.5) is 0 Å². The molecule has 3 N–H and O–H groups in total. The summed E-state index contributed by atoms with van der Waals surface area (Å²) in [5.74, 6) is 1.27. The summed E-state index contributed by atoms with van der Waals surface area (Å²) in [4.78, 5) is 35.5. The van der Waals surface area contributed by atoms with Gasteiger partial charge in [-0.05, 0) is 43.4 Å². The van der Waals surface area contributed by atoms with Crippen LogP contribution in [0.1, 0.15) is 71.4 Å². The van der Waals surface area contributed by atoms with Crippen molar-refractivity contribution in [1.29, 1.82) is 0 Å². The van der Waals surface area contributed by atoms with Gasteiger partial charge in [0.15, 0.2) is 5.96 Å². The molecule has 2 amide bonds. The van der Waals surface area contributed by atoms with Gasteiger partial charge in [0.2, 0.25) is 11.8 Å². The van der Waals surface area contributed by atoms with Crippen LogP contribution in [0.15, 0.2) is 59.9 Å². The number of carbonyl (C=O) groups excluding carboxylic acids is 2.